The Morgan fingerprint density at radius 3 is 2.81 bits per heavy atom. The molecule has 1 fully saturated rings. The van der Waals surface area contributed by atoms with Crippen LogP contribution in [-0.2, 0) is 9.53 Å². The second-order valence-electron chi connectivity index (χ2n) is 6.65. The number of halogens is 1. The molecule has 2 atom stereocenters. The van der Waals surface area contributed by atoms with Crippen molar-refractivity contribution in [3.8, 4) is 5.75 Å². The molecule has 0 bridgehead atoms. The van der Waals surface area contributed by atoms with Gasteiger partial charge in [-0.25, -0.2) is 0 Å². The molecule has 1 N–H and O–H groups in total. The van der Waals surface area contributed by atoms with Gasteiger partial charge >= 0.3 is 0 Å². The average molecular weight is 406 g/mol. The monoisotopic (exact) mass is 405 g/mol. The molecule has 0 saturated carbocycles. The molecular weight excluding hydrogens is 382 g/mol. The number of amides is 1. The van der Waals surface area contributed by atoms with Gasteiger partial charge in [0.2, 0.25) is 5.91 Å². The minimum absolute atomic E-state index is 0.0687. The Labute approximate surface area is 169 Å². The summed E-state index contributed by atoms with van der Waals surface area (Å²) >= 11 is 7.40. The van der Waals surface area contributed by atoms with Crippen LogP contribution in [0.5, 0.6) is 5.75 Å². The van der Waals surface area contributed by atoms with Crippen LogP contribution in [0.15, 0.2) is 47.4 Å². The van der Waals surface area contributed by atoms with Gasteiger partial charge in [0.05, 0.1) is 17.0 Å². The minimum atomic E-state index is -0.251. The molecule has 2 unspecified atom stereocenters. The van der Waals surface area contributed by atoms with E-state index in [0.29, 0.717) is 23.1 Å². The van der Waals surface area contributed by atoms with Crippen molar-refractivity contribution >= 4 is 35.0 Å². The predicted octanol–water partition coefficient (Wildman–Crippen LogP) is 5.33. The van der Waals surface area contributed by atoms with Crippen LogP contribution in [0.1, 0.15) is 25.3 Å². The summed E-state index contributed by atoms with van der Waals surface area (Å²) in [5, 5.41) is 3.43. The van der Waals surface area contributed by atoms with Crippen LogP contribution in [0.4, 0.5) is 5.69 Å². The lowest BCUT2D eigenvalue weighted by molar-refractivity contribution is -0.115. The number of ether oxygens (including phenoxy) is 2. The van der Waals surface area contributed by atoms with Gasteiger partial charge in [0.1, 0.15) is 12.4 Å². The van der Waals surface area contributed by atoms with E-state index in [2.05, 4.69) is 5.32 Å². The quantitative estimate of drug-likeness (QED) is 0.633. The maximum absolute atomic E-state index is 12.6. The van der Waals surface area contributed by atoms with Gasteiger partial charge in [-0.1, -0.05) is 17.7 Å². The SMILES string of the molecule is Cc1ccc(NC(=O)C(C)Sc2ccc(Cl)cc2)c(OCC2CCCO2)c1. The summed E-state index contributed by atoms with van der Waals surface area (Å²) in [6.45, 7) is 5.19. The standard InChI is InChI=1S/C21H24ClNO3S/c1-14-5-10-19(20(12-14)26-13-17-4-3-11-25-17)23-21(24)15(2)27-18-8-6-16(22)7-9-18/h5-10,12,15,17H,3-4,11,13H2,1-2H3,(H,23,24). The lowest BCUT2D eigenvalue weighted by Gasteiger charge is -2.17. The highest BCUT2D eigenvalue weighted by atomic mass is 35.5. The minimum Gasteiger partial charge on any atom is -0.489 e. The number of aryl methyl sites for hydroxylation is 1. The Morgan fingerprint density at radius 2 is 2.11 bits per heavy atom. The number of carbonyl (C=O) groups is 1. The molecule has 2 aromatic rings. The van der Waals surface area contributed by atoms with Crippen molar-refractivity contribution in [3.63, 3.8) is 0 Å². The van der Waals surface area contributed by atoms with E-state index < -0.39 is 0 Å². The molecule has 0 spiro atoms. The third-order valence-electron chi connectivity index (χ3n) is 4.34. The Morgan fingerprint density at radius 1 is 1.33 bits per heavy atom. The first-order chi connectivity index (χ1) is 13.0. The maximum Gasteiger partial charge on any atom is 0.237 e. The first-order valence-electron chi connectivity index (χ1n) is 9.09. The number of thioether (sulfide) groups is 1. The average Bonchev–Trinajstić information content (AvgIpc) is 3.17. The predicted molar refractivity (Wildman–Crippen MR) is 111 cm³/mol. The molecule has 2 aromatic carbocycles. The van der Waals surface area contributed by atoms with E-state index in [4.69, 9.17) is 21.1 Å². The van der Waals surface area contributed by atoms with Gasteiger partial charge in [-0.05, 0) is 68.7 Å². The smallest absolute Gasteiger partial charge is 0.237 e. The molecule has 1 aliphatic rings. The van der Waals surface area contributed by atoms with Crippen LogP contribution < -0.4 is 10.1 Å². The second-order valence-corrected chi connectivity index (χ2v) is 8.50. The molecule has 0 aliphatic carbocycles. The Bertz CT molecular complexity index is 775. The van der Waals surface area contributed by atoms with Crippen molar-refractivity contribution in [2.45, 2.75) is 42.9 Å². The highest BCUT2D eigenvalue weighted by molar-refractivity contribution is 8.00. The third kappa shape index (κ3) is 5.89. The van der Waals surface area contributed by atoms with Crippen LogP contribution in [0.3, 0.4) is 0 Å². The number of nitrogens with one attached hydrogen (secondary N) is 1. The van der Waals surface area contributed by atoms with E-state index in [9.17, 15) is 4.79 Å². The number of hydrogen-bond donors (Lipinski definition) is 1. The van der Waals surface area contributed by atoms with E-state index in [1.165, 1.54) is 11.8 Å². The molecule has 1 aliphatic heterocycles. The molecule has 3 rings (SSSR count). The van der Waals surface area contributed by atoms with Gasteiger partial charge in [-0.15, -0.1) is 11.8 Å². The fourth-order valence-electron chi connectivity index (χ4n) is 2.82. The van der Waals surface area contributed by atoms with E-state index in [1.54, 1.807) is 0 Å². The van der Waals surface area contributed by atoms with Crippen molar-refractivity contribution < 1.29 is 14.3 Å². The van der Waals surface area contributed by atoms with E-state index in [-0.39, 0.29) is 17.3 Å². The van der Waals surface area contributed by atoms with Crippen molar-refractivity contribution in [3.05, 3.63) is 53.1 Å². The summed E-state index contributed by atoms with van der Waals surface area (Å²) < 4.78 is 11.6. The second kappa shape index (κ2) is 9.49. The maximum atomic E-state index is 12.6. The van der Waals surface area contributed by atoms with Crippen molar-refractivity contribution in [2.24, 2.45) is 0 Å². The zero-order valence-electron chi connectivity index (χ0n) is 15.5. The first-order valence-corrected chi connectivity index (χ1v) is 10.3. The van der Waals surface area contributed by atoms with Crippen LogP contribution in [0.25, 0.3) is 0 Å². The Balaban J connectivity index is 1.62. The van der Waals surface area contributed by atoms with Crippen molar-refractivity contribution in [1.82, 2.24) is 0 Å². The molecule has 1 saturated heterocycles. The van der Waals surface area contributed by atoms with Gasteiger partial charge in [-0.3, -0.25) is 4.79 Å². The molecular formula is C21H24ClNO3S. The number of carbonyl (C=O) groups excluding carboxylic acids is 1. The number of anilines is 1. The van der Waals surface area contributed by atoms with Crippen LogP contribution in [-0.4, -0.2) is 30.5 Å². The van der Waals surface area contributed by atoms with Crippen molar-refractivity contribution in [1.29, 1.82) is 0 Å². The molecule has 1 amide bonds. The molecule has 0 radical (unpaired) electrons. The van der Waals surface area contributed by atoms with Crippen LogP contribution in [0.2, 0.25) is 5.02 Å². The Hall–Kier alpha value is -1.69. The summed E-state index contributed by atoms with van der Waals surface area (Å²) in [6.07, 6.45) is 2.22. The number of benzene rings is 2. The Kier molecular flexibility index (Phi) is 7.05. The fraction of sp³-hybridized carbons (Fsp3) is 0.381. The van der Waals surface area contributed by atoms with Gasteiger partial charge in [0, 0.05) is 16.5 Å². The topological polar surface area (TPSA) is 47.6 Å². The van der Waals surface area contributed by atoms with Gasteiger partial charge < -0.3 is 14.8 Å². The largest absolute Gasteiger partial charge is 0.489 e. The van der Waals surface area contributed by atoms with Gasteiger partial charge in [-0.2, -0.15) is 0 Å². The first kappa shape index (κ1) is 20.1. The summed E-state index contributed by atoms with van der Waals surface area (Å²) in [5.74, 6) is 0.614. The molecule has 144 valence electrons. The van der Waals surface area contributed by atoms with E-state index >= 15 is 0 Å². The molecule has 4 nitrogen and oxygen atoms in total. The van der Waals surface area contributed by atoms with Crippen LogP contribution >= 0.6 is 23.4 Å². The molecule has 1 heterocycles. The van der Waals surface area contributed by atoms with Gasteiger partial charge in [0.15, 0.2) is 0 Å². The molecule has 0 aromatic heterocycles. The highest BCUT2D eigenvalue weighted by Gasteiger charge is 2.19. The summed E-state index contributed by atoms with van der Waals surface area (Å²) in [6, 6.07) is 13.3. The summed E-state index contributed by atoms with van der Waals surface area (Å²) in [7, 11) is 0. The molecule has 6 heteroatoms. The van der Waals surface area contributed by atoms with E-state index in [1.807, 2.05) is 56.3 Å². The van der Waals surface area contributed by atoms with E-state index in [0.717, 1.165) is 29.9 Å². The number of hydrogen-bond acceptors (Lipinski definition) is 4. The summed E-state index contributed by atoms with van der Waals surface area (Å²) in [4.78, 5) is 13.6. The fourth-order valence-corrected chi connectivity index (χ4v) is 3.81. The normalized spacial score (nSPS) is 17.5. The zero-order valence-corrected chi connectivity index (χ0v) is 17.1. The number of rotatable bonds is 7. The van der Waals surface area contributed by atoms with Crippen LogP contribution in [0, 0.1) is 6.92 Å². The lowest BCUT2D eigenvalue weighted by atomic mass is 10.2. The lowest BCUT2D eigenvalue weighted by Crippen LogP contribution is -2.23. The summed E-state index contributed by atoms with van der Waals surface area (Å²) in [5.41, 5.74) is 1.77. The molecule has 27 heavy (non-hydrogen) atoms. The highest BCUT2D eigenvalue weighted by Crippen LogP contribution is 2.29. The zero-order chi connectivity index (χ0) is 19.2. The van der Waals surface area contributed by atoms with Crippen molar-refractivity contribution in [2.75, 3.05) is 18.5 Å². The van der Waals surface area contributed by atoms with Gasteiger partial charge in [0.25, 0.3) is 0 Å². The third-order valence-corrected chi connectivity index (χ3v) is 5.70.